The molecule has 0 aliphatic rings. The molecule has 150 valence electrons. The maximum Gasteiger partial charge on any atom is 0.166 e. The monoisotopic (exact) mass is 435 g/mol. The third kappa shape index (κ3) is 8.55. The van der Waals surface area contributed by atoms with Crippen molar-refractivity contribution in [3.05, 3.63) is 82.5 Å². The van der Waals surface area contributed by atoms with E-state index in [1.165, 1.54) is 11.8 Å². The van der Waals surface area contributed by atoms with E-state index in [2.05, 4.69) is 27.4 Å². The number of halogens is 2. The molecule has 1 heterocycles. The minimum atomic E-state index is 0.577. The van der Waals surface area contributed by atoms with Gasteiger partial charge in [-0.3, -0.25) is 4.79 Å². The molecule has 0 radical (unpaired) electrons. The van der Waals surface area contributed by atoms with Crippen LogP contribution in [0.15, 0.2) is 76.7 Å². The number of benzene rings is 1. The van der Waals surface area contributed by atoms with Crippen LogP contribution in [0.1, 0.15) is 38.2 Å². The van der Waals surface area contributed by atoms with Crippen molar-refractivity contribution in [2.24, 2.45) is 5.92 Å². The normalized spacial score (nSPS) is 11.5. The lowest BCUT2D eigenvalue weighted by molar-refractivity contribution is 0.111. The second kappa shape index (κ2) is 12.7. The molecule has 0 fully saturated rings. The Labute approximate surface area is 182 Å². The molecule has 28 heavy (non-hydrogen) atoms. The molecule has 2 nitrogen and oxygen atoms in total. The Morgan fingerprint density at radius 3 is 2.29 bits per heavy atom. The highest BCUT2D eigenvalue weighted by molar-refractivity contribution is 7.99. The van der Waals surface area contributed by atoms with Crippen molar-refractivity contribution in [1.29, 1.82) is 0 Å². The molecule has 0 saturated heterocycles. The zero-order valence-corrected chi connectivity index (χ0v) is 19.1. The molecule has 0 spiro atoms. The van der Waals surface area contributed by atoms with Crippen molar-refractivity contribution in [2.45, 2.75) is 44.2 Å². The molecule has 1 aromatic carbocycles. The summed E-state index contributed by atoms with van der Waals surface area (Å²) in [5, 5.41) is 2.11. The van der Waals surface area contributed by atoms with Crippen LogP contribution in [0.4, 0.5) is 0 Å². The van der Waals surface area contributed by atoms with Gasteiger partial charge < -0.3 is 4.57 Å². The van der Waals surface area contributed by atoms with Gasteiger partial charge in [-0.05, 0) is 48.7 Å². The zero-order chi connectivity index (χ0) is 21.1. The molecule has 2 rings (SSSR count). The smallest absolute Gasteiger partial charge is 0.166 e. The second-order valence-electron chi connectivity index (χ2n) is 6.72. The van der Waals surface area contributed by atoms with Crippen LogP contribution < -0.4 is 0 Å². The van der Waals surface area contributed by atoms with Crippen molar-refractivity contribution in [1.82, 2.24) is 4.57 Å². The Morgan fingerprint density at radius 1 is 1.18 bits per heavy atom. The quantitative estimate of drug-likeness (QED) is 0.323. The van der Waals surface area contributed by atoms with E-state index in [0.717, 1.165) is 27.7 Å². The van der Waals surface area contributed by atoms with Crippen LogP contribution in [0.5, 0.6) is 0 Å². The van der Waals surface area contributed by atoms with Crippen molar-refractivity contribution in [3.8, 4) is 0 Å². The first-order valence-electron chi connectivity index (χ1n) is 9.03. The van der Waals surface area contributed by atoms with Crippen LogP contribution in [0, 0.1) is 5.92 Å². The molecule has 0 aliphatic heterocycles. The Balaban J connectivity index is 0.000000892. The number of carbonyl (C=O) groups is 1. The van der Waals surface area contributed by atoms with Gasteiger partial charge in [0.25, 0.3) is 0 Å². The van der Waals surface area contributed by atoms with Gasteiger partial charge in [0.15, 0.2) is 6.29 Å². The van der Waals surface area contributed by atoms with E-state index >= 15 is 0 Å². The predicted molar refractivity (Wildman–Crippen MR) is 124 cm³/mol. The summed E-state index contributed by atoms with van der Waals surface area (Å²) in [5.41, 5.74) is 1.67. The number of hydrogen-bond donors (Lipinski definition) is 0. The van der Waals surface area contributed by atoms with E-state index in [1.54, 1.807) is 12.1 Å². The minimum absolute atomic E-state index is 0.577. The number of hydrogen-bond acceptors (Lipinski definition) is 2. The van der Waals surface area contributed by atoms with Crippen molar-refractivity contribution >= 4 is 41.2 Å². The first-order chi connectivity index (χ1) is 13.3. The molecular weight excluding hydrogens is 409 g/mol. The van der Waals surface area contributed by atoms with E-state index in [-0.39, 0.29) is 0 Å². The van der Waals surface area contributed by atoms with E-state index in [1.807, 2.05) is 54.0 Å². The van der Waals surface area contributed by atoms with Gasteiger partial charge in [-0.15, -0.1) is 0 Å². The van der Waals surface area contributed by atoms with E-state index in [9.17, 15) is 4.79 Å². The van der Waals surface area contributed by atoms with Crippen LogP contribution in [-0.2, 0) is 6.54 Å². The minimum Gasteiger partial charge on any atom is -0.329 e. The number of allylic oxidation sites excluding steroid dienone is 5. The maximum absolute atomic E-state index is 11.4. The molecule has 0 aliphatic carbocycles. The van der Waals surface area contributed by atoms with Crippen LogP contribution in [0.3, 0.4) is 0 Å². The average Bonchev–Trinajstić information content (AvgIpc) is 2.95. The van der Waals surface area contributed by atoms with Crippen LogP contribution in [-0.4, -0.2) is 10.9 Å². The summed E-state index contributed by atoms with van der Waals surface area (Å²) >= 11 is 13.6. The molecular formula is C23H27Cl2NOS. The van der Waals surface area contributed by atoms with Crippen molar-refractivity contribution in [2.75, 3.05) is 0 Å². The Kier molecular flexibility index (Phi) is 11.1. The highest BCUT2D eigenvalue weighted by Gasteiger charge is 2.11. The van der Waals surface area contributed by atoms with E-state index < -0.39 is 0 Å². The van der Waals surface area contributed by atoms with Gasteiger partial charge in [-0.25, -0.2) is 0 Å². The second-order valence-corrected chi connectivity index (χ2v) is 8.68. The Hall–Kier alpha value is -1.68. The van der Waals surface area contributed by atoms with Gasteiger partial charge >= 0.3 is 0 Å². The van der Waals surface area contributed by atoms with E-state index in [0.29, 0.717) is 22.3 Å². The first-order valence-corrected chi connectivity index (χ1v) is 10.6. The summed E-state index contributed by atoms with van der Waals surface area (Å²) in [6.45, 7) is 12.8. The predicted octanol–water partition coefficient (Wildman–Crippen LogP) is 8.11. The SMILES string of the molecule is C=C/C=C(\C=C/C)Cn1c(C=O)ccc1Sc1cc(Cl)cc(Cl)c1.CC(C)C. The van der Waals surface area contributed by atoms with Crippen molar-refractivity contribution < 1.29 is 4.79 Å². The van der Waals surface area contributed by atoms with Gasteiger partial charge in [0.2, 0.25) is 0 Å². The van der Waals surface area contributed by atoms with Crippen LogP contribution in [0.25, 0.3) is 0 Å². The Bertz CT molecular complexity index is 827. The molecule has 0 bridgehead atoms. The molecule has 0 saturated carbocycles. The molecule has 0 unspecified atom stereocenters. The lowest BCUT2D eigenvalue weighted by Gasteiger charge is -2.12. The van der Waals surface area contributed by atoms with Crippen molar-refractivity contribution in [3.63, 3.8) is 0 Å². The fourth-order valence-corrected chi connectivity index (χ4v) is 3.93. The van der Waals surface area contributed by atoms with Gasteiger partial charge in [-0.2, -0.15) is 0 Å². The summed E-state index contributed by atoms with van der Waals surface area (Å²) in [6, 6.07) is 9.12. The first kappa shape index (κ1) is 24.4. The van der Waals surface area contributed by atoms with Gasteiger partial charge in [0, 0.05) is 21.5 Å². The lowest BCUT2D eigenvalue weighted by atomic mass is 10.2. The van der Waals surface area contributed by atoms with Gasteiger partial charge in [0.1, 0.15) is 0 Å². The summed E-state index contributed by atoms with van der Waals surface area (Å²) < 4.78 is 1.96. The average molecular weight is 436 g/mol. The number of carbonyl (C=O) groups excluding carboxylic acids is 1. The summed E-state index contributed by atoms with van der Waals surface area (Å²) in [5.74, 6) is 0.833. The maximum atomic E-state index is 11.4. The largest absolute Gasteiger partial charge is 0.329 e. The fourth-order valence-electron chi connectivity index (χ4n) is 2.24. The Morgan fingerprint density at radius 2 is 1.79 bits per heavy atom. The molecule has 2 aromatic rings. The number of aromatic nitrogens is 1. The summed E-state index contributed by atoms with van der Waals surface area (Å²) in [4.78, 5) is 12.3. The molecule has 5 heteroatoms. The topological polar surface area (TPSA) is 22.0 Å². The number of nitrogens with zero attached hydrogens (tertiary/aromatic N) is 1. The standard InChI is InChI=1S/C19H17Cl2NOS.C4H10/c1-3-5-14(6-4-2)12-22-17(13-23)7-8-19(22)24-18-10-15(20)9-16(21)11-18;1-4(2)3/h3-11,13H,1,12H2,2H3;4H,1-3H3/b6-4-,14-5+;. The number of aldehydes is 1. The summed E-state index contributed by atoms with van der Waals surface area (Å²) in [6.07, 6.45) is 8.49. The van der Waals surface area contributed by atoms with E-state index in [4.69, 9.17) is 23.2 Å². The molecule has 0 atom stereocenters. The third-order valence-electron chi connectivity index (χ3n) is 3.21. The molecule has 0 N–H and O–H groups in total. The van der Waals surface area contributed by atoms with Gasteiger partial charge in [-0.1, -0.05) is 86.6 Å². The lowest BCUT2D eigenvalue weighted by Crippen LogP contribution is -2.05. The highest BCUT2D eigenvalue weighted by atomic mass is 35.5. The van der Waals surface area contributed by atoms with Gasteiger partial charge in [0.05, 0.1) is 10.7 Å². The van der Waals surface area contributed by atoms with Crippen LogP contribution in [0.2, 0.25) is 10.0 Å². The molecule has 1 aromatic heterocycles. The van der Waals surface area contributed by atoms with Crippen LogP contribution >= 0.6 is 35.0 Å². The zero-order valence-electron chi connectivity index (χ0n) is 16.8. The fraction of sp³-hybridized carbons (Fsp3) is 0.261. The highest BCUT2D eigenvalue weighted by Crippen LogP contribution is 2.33. The number of rotatable bonds is 7. The summed E-state index contributed by atoms with van der Waals surface area (Å²) in [7, 11) is 0. The third-order valence-corrected chi connectivity index (χ3v) is 4.68. The molecule has 0 amide bonds.